The van der Waals surface area contributed by atoms with E-state index in [1.165, 1.54) is 0 Å². The van der Waals surface area contributed by atoms with E-state index in [1.54, 1.807) is 25.7 Å². The van der Waals surface area contributed by atoms with Crippen molar-refractivity contribution in [1.29, 1.82) is 0 Å². The fourth-order valence-electron chi connectivity index (χ4n) is 1.93. The highest BCUT2D eigenvalue weighted by Gasteiger charge is 2.13. The number of hydrogen-bond acceptors (Lipinski definition) is 4. The van der Waals surface area contributed by atoms with Gasteiger partial charge in [0.05, 0.1) is 19.3 Å². The molecule has 2 aromatic heterocycles. The number of pyridine rings is 2. The molecular formula is C14H17N3O. The molecule has 0 amide bonds. The predicted octanol–water partition coefficient (Wildman–Crippen LogP) is 2.10. The first-order valence-electron chi connectivity index (χ1n) is 5.93. The molecule has 0 aliphatic carbocycles. The highest BCUT2D eigenvalue weighted by Crippen LogP contribution is 2.24. The Labute approximate surface area is 107 Å². The van der Waals surface area contributed by atoms with Crippen LogP contribution >= 0.6 is 0 Å². The van der Waals surface area contributed by atoms with Gasteiger partial charge in [0.2, 0.25) is 0 Å². The van der Waals surface area contributed by atoms with E-state index in [1.807, 2.05) is 18.3 Å². The van der Waals surface area contributed by atoms with Crippen molar-refractivity contribution >= 4 is 0 Å². The zero-order chi connectivity index (χ0) is 13.0. The van der Waals surface area contributed by atoms with Gasteiger partial charge in [-0.05, 0) is 35.2 Å². The van der Waals surface area contributed by atoms with Crippen LogP contribution in [0, 0.1) is 0 Å². The van der Waals surface area contributed by atoms with Gasteiger partial charge < -0.3 is 10.5 Å². The Kier molecular flexibility index (Phi) is 3.89. The van der Waals surface area contributed by atoms with E-state index in [2.05, 4.69) is 16.9 Å². The lowest BCUT2D eigenvalue weighted by molar-refractivity contribution is 0.412. The summed E-state index contributed by atoms with van der Waals surface area (Å²) in [7, 11) is 1.62. The fourth-order valence-corrected chi connectivity index (χ4v) is 1.93. The Bertz CT molecular complexity index is 528. The van der Waals surface area contributed by atoms with E-state index in [9.17, 15) is 0 Å². The molecule has 94 valence electrons. The maximum atomic E-state index is 6.29. The first kappa shape index (κ1) is 12.5. The van der Waals surface area contributed by atoms with Crippen LogP contribution in [0.5, 0.6) is 5.75 Å². The standard InChI is InChI=1S/C14H17N3O/c1-3-10-7-16-5-4-13(10)14(15)11-6-12(18-2)9-17-8-11/h4-9,14H,3,15H2,1-2H3. The molecular weight excluding hydrogens is 226 g/mol. The molecule has 0 saturated carbocycles. The fraction of sp³-hybridized carbons (Fsp3) is 0.286. The van der Waals surface area contributed by atoms with E-state index in [4.69, 9.17) is 10.5 Å². The third-order valence-corrected chi connectivity index (χ3v) is 2.99. The topological polar surface area (TPSA) is 61.0 Å². The molecule has 0 radical (unpaired) electrons. The van der Waals surface area contributed by atoms with Gasteiger partial charge >= 0.3 is 0 Å². The number of methoxy groups -OCH3 is 1. The summed E-state index contributed by atoms with van der Waals surface area (Å²) < 4.78 is 5.17. The molecule has 2 aromatic rings. The predicted molar refractivity (Wildman–Crippen MR) is 70.4 cm³/mol. The third kappa shape index (κ3) is 2.49. The van der Waals surface area contributed by atoms with Gasteiger partial charge in [-0.2, -0.15) is 0 Å². The van der Waals surface area contributed by atoms with Crippen molar-refractivity contribution in [2.45, 2.75) is 19.4 Å². The quantitative estimate of drug-likeness (QED) is 0.893. The van der Waals surface area contributed by atoms with E-state index >= 15 is 0 Å². The summed E-state index contributed by atoms with van der Waals surface area (Å²) in [5, 5.41) is 0. The number of ether oxygens (including phenoxy) is 1. The van der Waals surface area contributed by atoms with Crippen LogP contribution in [0.15, 0.2) is 36.9 Å². The molecule has 2 rings (SSSR count). The van der Waals surface area contributed by atoms with Crippen molar-refractivity contribution in [2.24, 2.45) is 5.73 Å². The molecule has 0 aliphatic rings. The molecule has 0 aliphatic heterocycles. The molecule has 18 heavy (non-hydrogen) atoms. The van der Waals surface area contributed by atoms with Crippen LogP contribution in [0.4, 0.5) is 0 Å². The zero-order valence-electron chi connectivity index (χ0n) is 10.6. The lowest BCUT2D eigenvalue weighted by Gasteiger charge is -2.16. The molecule has 0 fully saturated rings. The molecule has 0 spiro atoms. The number of rotatable bonds is 4. The average molecular weight is 243 g/mol. The van der Waals surface area contributed by atoms with E-state index < -0.39 is 0 Å². The average Bonchev–Trinajstić information content (AvgIpc) is 2.46. The summed E-state index contributed by atoms with van der Waals surface area (Å²) in [6, 6.07) is 3.67. The highest BCUT2D eigenvalue weighted by atomic mass is 16.5. The van der Waals surface area contributed by atoms with Crippen molar-refractivity contribution < 1.29 is 4.74 Å². The number of aromatic nitrogens is 2. The number of hydrogen-bond donors (Lipinski definition) is 1. The lowest BCUT2D eigenvalue weighted by atomic mass is 9.96. The summed E-state index contributed by atoms with van der Waals surface area (Å²) in [6.07, 6.45) is 7.98. The second kappa shape index (κ2) is 5.60. The van der Waals surface area contributed by atoms with Crippen molar-refractivity contribution in [3.63, 3.8) is 0 Å². The van der Waals surface area contributed by atoms with Crippen LogP contribution in [-0.4, -0.2) is 17.1 Å². The lowest BCUT2D eigenvalue weighted by Crippen LogP contribution is -2.14. The molecule has 1 unspecified atom stereocenters. The monoisotopic (exact) mass is 243 g/mol. The maximum absolute atomic E-state index is 6.29. The molecule has 0 bridgehead atoms. The Hall–Kier alpha value is -1.94. The first-order chi connectivity index (χ1) is 8.76. The number of nitrogens with two attached hydrogens (primary N) is 1. The minimum absolute atomic E-state index is 0.203. The van der Waals surface area contributed by atoms with Crippen LogP contribution in [0.1, 0.15) is 29.7 Å². The Morgan fingerprint density at radius 2 is 2.11 bits per heavy atom. The molecule has 4 nitrogen and oxygen atoms in total. The van der Waals surface area contributed by atoms with E-state index in [0.717, 1.165) is 28.9 Å². The highest BCUT2D eigenvalue weighted by molar-refractivity contribution is 5.36. The van der Waals surface area contributed by atoms with E-state index in [-0.39, 0.29) is 6.04 Å². The van der Waals surface area contributed by atoms with Crippen molar-refractivity contribution in [3.05, 3.63) is 53.6 Å². The van der Waals surface area contributed by atoms with Crippen LogP contribution in [0.2, 0.25) is 0 Å². The van der Waals surface area contributed by atoms with Crippen LogP contribution in [0.3, 0.4) is 0 Å². The van der Waals surface area contributed by atoms with E-state index in [0.29, 0.717) is 0 Å². The second-order valence-electron chi connectivity index (χ2n) is 4.06. The Morgan fingerprint density at radius 1 is 1.28 bits per heavy atom. The minimum Gasteiger partial charge on any atom is -0.495 e. The Morgan fingerprint density at radius 3 is 2.83 bits per heavy atom. The zero-order valence-corrected chi connectivity index (χ0v) is 10.6. The summed E-state index contributed by atoms with van der Waals surface area (Å²) in [6.45, 7) is 2.09. The van der Waals surface area contributed by atoms with Gasteiger partial charge in [-0.15, -0.1) is 0 Å². The van der Waals surface area contributed by atoms with Gasteiger partial charge in [0.1, 0.15) is 5.75 Å². The summed E-state index contributed by atoms with van der Waals surface area (Å²) in [4.78, 5) is 8.27. The van der Waals surface area contributed by atoms with Crippen LogP contribution < -0.4 is 10.5 Å². The third-order valence-electron chi connectivity index (χ3n) is 2.99. The SMILES string of the molecule is CCc1cnccc1C(N)c1cncc(OC)c1. The Balaban J connectivity index is 2.37. The van der Waals surface area contributed by atoms with Gasteiger partial charge in [-0.3, -0.25) is 9.97 Å². The number of nitrogens with zero attached hydrogens (tertiary/aromatic N) is 2. The van der Waals surface area contributed by atoms with Crippen molar-refractivity contribution in [3.8, 4) is 5.75 Å². The van der Waals surface area contributed by atoms with Crippen molar-refractivity contribution in [1.82, 2.24) is 9.97 Å². The van der Waals surface area contributed by atoms with Gasteiger partial charge in [0, 0.05) is 18.6 Å². The molecule has 2 heterocycles. The normalized spacial score (nSPS) is 12.2. The number of aryl methyl sites for hydroxylation is 1. The summed E-state index contributed by atoms with van der Waals surface area (Å²) in [5.74, 6) is 0.718. The van der Waals surface area contributed by atoms with Crippen LogP contribution in [-0.2, 0) is 6.42 Å². The molecule has 4 heteroatoms. The molecule has 2 N–H and O–H groups in total. The molecule has 0 aromatic carbocycles. The molecule has 0 saturated heterocycles. The first-order valence-corrected chi connectivity index (χ1v) is 5.93. The van der Waals surface area contributed by atoms with Gasteiger partial charge in [-0.25, -0.2) is 0 Å². The summed E-state index contributed by atoms with van der Waals surface area (Å²) >= 11 is 0. The second-order valence-corrected chi connectivity index (χ2v) is 4.06. The summed E-state index contributed by atoms with van der Waals surface area (Å²) in [5.41, 5.74) is 9.48. The maximum Gasteiger partial charge on any atom is 0.137 e. The van der Waals surface area contributed by atoms with Gasteiger partial charge in [-0.1, -0.05) is 6.92 Å². The van der Waals surface area contributed by atoms with Crippen molar-refractivity contribution in [2.75, 3.05) is 7.11 Å². The molecule has 1 atom stereocenters. The van der Waals surface area contributed by atoms with Gasteiger partial charge in [0.25, 0.3) is 0 Å². The van der Waals surface area contributed by atoms with Gasteiger partial charge in [0.15, 0.2) is 0 Å². The minimum atomic E-state index is -0.203. The largest absolute Gasteiger partial charge is 0.495 e. The smallest absolute Gasteiger partial charge is 0.137 e. The van der Waals surface area contributed by atoms with Crippen LogP contribution in [0.25, 0.3) is 0 Å².